The van der Waals surface area contributed by atoms with Gasteiger partial charge in [0.2, 0.25) is 0 Å². The van der Waals surface area contributed by atoms with Crippen LogP contribution < -0.4 is 4.90 Å². The molecule has 3 saturated heterocycles. The number of fused-ring (bicyclic) bond motifs is 2. The number of carbonyl (C=O) groups is 1. The first-order chi connectivity index (χ1) is 14.7. The highest BCUT2D eigenvalue weighted by molar-refractivity contribution is 5.88. The second kappa shape index (κ2) is 6.90. The number of hydrogen-bond donors (Lipinski definition) is 0. The second-order valence-corrected chi connectivity index (χ2v) is 9.34. The van der Waals surface area contributed by atoms with Crippen molar-refractivity contribution < 1.29 is 13.9 Å². The summed E-state index contributed by atoms with van der Waals surface area (Å²) in [6.07, 6.45) is 12.6. The molecular weight excluding hydrogens is 385 g/mol. The van der Waals surface area contributed by atoms with Crippen LogP contribution in [-0.4, -0.2) is 56.4 Å². The molecule has 1 saturated carbocycles. The maximum atomic E-state index is 13.9. The van der Waals surface area contributed by atoms with E-state index in [1.54, 1.807) is 10.7 Å². The van der Waals surface area contributed by atoms with Gasteiger partial charge in [-0.1, -0.05) is 19.3 Å². The van der Waals surface area contributed by atoms with E-state index >= 15 is 0 Å². The van der Waals surface area contributed by atoms with Crippen molar-refractivity contribution in [3.05, 3.63) is 24.3 Å². The van der Waals surface area contributed by atoms with Gasteiger partial charge in [-0.15, -0.1) is 0 Å². The van der Waals surface area contributed by atoms with E-state index in [9.17, 15) is 9.18 Å². The van der Waals surface area contributed by atoms with Crippen molar-refractivity contribution in [1.82, 2.24) is 19.5 Å². The number of nitrogens with zero attached hydrogens (tertiary/aromatic N) is 5. The number of anilines is 1. The molecule has 4 aliphatic rings. The van der Waals surface area contributed by atoms with Gasteiger partial charge in [-0.2, -0.15) is 9.61 Å². The molecule has 6 rings (SSSR count). The fourth-order valence-corrected chi connectivity index (χ4v) is 6.25. The van der Waals surface area contributed by atoms with Gasteiger partial charge in [0.15, 0.2) is 17.1 Å². The minimum atomic E-state index is -0.685. The Morgan fingerprint density at radius 2 is 1.90 bits per heavy atom. The molecule has 160 valence electrons. The van der Waals surface area contributed by atoms with Gasteiger partial charge in [0, 0.05) is 38.2 Å². The van der Waals surface area contributed by atoms with Crippen LogP contribution in [0.15, 0.2) is 18.5 Å². The largest absolute Gasteiger partial charge is 0.356 e. The van der Waals surface area contributed by atoms with Crippen molar-refractivity contribution in [1.29, 1.82) is 0 Å². The minimum Gasteiger partial charge on any atom is -0.356 e. The third-order valence-electron chi connectivity index (χ3n) is 7.79. The number of ether oxygens (including phenoxy) is 1. The molecule has 1 aliphatic carbocycles. The summed E-state index contributed by atoms with van der Waals surface area (Å²) < 4.78 is 21.9. The van der Waals surface area contributed by atoms with E-state index in [4.69, 9.17) is 4.74 Å². The van der Waals surface area contributed by atoms with E-state index in [1.807, 2.05) is 6.07 Å². The smallest absolute Gasteiger partial charge is 0.257 e. The fourth-order valence-electron chi connectivity index (χ4n) is 6.25. The lowest BCUT2D eigenvalue weighted by Crippen LogP contribution is -2.52. The first kappa shape index (κ1) is 18.5. The molecule has 2 unspecified atom stereocenters. The van der Waals surface area contributed by atoms with Crippen molar-refractivity contribution >= 4 is 17.4 Å². The van der Waals surface area contributed by atoms with E-state index in [1.165, 1.54) is 38.3 Å². The monoisotopic (exact) mass is 413 g/mol. The average Bonchev–Trinajstić information content (AvgIpc) is 3.44. The van der Waals surface area contributed by atoms with Gasteiger partial charge in [-0.05, 0) is 37.7 Å². The predicted octanol–water partition coefficient (Wildman–Crippen LogP) is 3.14. The van der Waals surface area contributed by atoms with E-state index in [0.717, 1.165) is 18.7 Å². The Hall–Kier alpha value is -2.22. The number of rotatable bonds is 2. The molecule has 2 atom stereocenters. The van der Waals surface area contributed by atoms with Crippen LogP contribution in [0.4, 0.5) is 10.2 Å². The first-order valence-electron chi connectivity index (χ1n) is 11.4. The lowest BCUT2D eigenvalue weighted by Gasteiger charge is -2.39. The first-order valence-corrected chi connectivity index (χ1v) is 11.4. The van der Waals surface area contributed by atoms with Gasteiger partial charge in [0.25, 0.3) is 5.91 Å². The standard InChI is InChI=1S/C22H28FN5O2/c23-16-14-25-28-18(8-11-24-20(16)28)26-12-9-22(10-13-26)21(29)27-17(6-7-19(27)30-22)15-4-2-1-3-5-15/h8,11,14-15,17,19H,1-7,9-10,12-13H2. The van der Waals surface area contributed by atoms with E-state index in [0.29, 0.717) is 37.9 Å². The van der Waals surface area contributed by atoms with Crippen LogP contribution in [0.3, 0.4) is 0 Å². The van der Waals surface area contributed by atoms with Crippen LogP contribution >= 0.6 is 0 Å². The van der Waals surface area contributed by atoms with Crippen LogP contribution in [0.5, 0.6) is 0 Å². The van der Waals surface area contributed by atoms with Crippen molar-refractivity contribution in [2.24, 2.45) is 5.92 Å². The molecule has 1 amide bonds. The van der Waals surface area contributed by atoms with Crippen molar-refractivity contribution in [2.75, 3.05) is 18.0 Å². The minimum absolute atomic E-state index is 0.0381. The van der Waals surface area contributed by atoms with Gasteiger partial charge in [0.1, 0.15) is 12.0 Å². The summed E-state index contributed by atoms with van der Waals surface area (Å²) in [7, 11) is 0. The molecule has 3 aliphatic heterocycles. The number of amides is 1. The van der Waals surface area contributed by atoms with Gasteiger partial charge in [0.05, 0.1) is 6.20 Å². The summed E-state index contributed by atoms with van der Waals surface area (Å²) in [6, 6.07) is 2.22. The Bertz CT molecular complexity index is 964. The third kappa shape index (κ3) is 2.69. The summed E-state index contributed by atoms with van der Waals surface area (Å²) in [5, 5.41) is 4.14. The third-order valence-corrected chi connectivity index (χ3v) is 7.79. The van der Waals surface area contributed by atoms with Crippen molar-refractivity contribution in [3.8, 4) is 0 Å². The number of piperidine rings is 1. The Morgan fingerprint density at radius 3 is 2.70 bits per heavy atom. The topological polar surface area (TPSA) is 63.0 Å². The lowest BCUT2D eigenvalue weighted by molar-refractivity contribution is -0.141. The number of halogens is 1. The quantitative estimate of drug-likeness (QED) is 0.757. The highest BCUT2D eigenvalue weighted by Crippen LogP contribution is 2.46. The molecule has 8 heteroatoms. The van der Waals surface area contributed by atoms with E-state index < -0.39 is 11.4 Å². The average molecular weight is 413 g/mol. The molecule has 5 heterocycles. The Balaban J connectivity index is 1.20. The van der Waals surface area contributed by atoms with Crippen LogP contribution in [0.1, 0.15) is 57.8 Å². The zero-order valence-corrected chi connectivity index (χ0v) is 17.2. The number of carbonyl (C=O) groups excluding carboxylic acids is 1. The predicted molar refractivity (Wildman–Crippen MR) is 108 cm³/mol. The Labute approximate surface area is 175 Å². The summed E-state index contributed by atoms with van der Waals surface area (Å²) in [6.45, 7) is 1.36. The highest BCUT2D eigenvalue weighted by Gasteiger charge is 2.58. The highest BCUT2D eigenvalue weighted by atomic mass is 19.1. The van der Waals surface area contributed by atoms with Gasteiger partial charge in [-0.25, -0.2) is 9.37 Å². The summed E-state index contributed by atoms with van der Waals surface area (Å²) in [4.78, 5) is 21.9. The van der Waals surface area contributed by atoms with Gasteiger partial charge >= 0.3 is 0 Å². The van der Waals surface area contributed by atoms with Gasteiger partial charge < -0.3 is 14.5 Å². The molecule has 7 nitrogen and oxygen atoms in total. The summed E-state index contributed by atoms with van der Waals surface area (Å²) >= 11 is 0. The normalized spacial score (nSPS) is 29.3. The summed E-state index contributed by atoms with van der Waals surface area (Å²) in [5.74, 6) is 1.25. The lowest BCUT2D eigenvalue weighted by atomic mass is 9.82. The molecule has 0 radical (unpaired) electrons. The van der Waals surface area contributed by atoms with E-state index in [2.05, 4.69) is 19.9 Å². The molecule has 4 fully saturated rings. The van der Waals surface area contributed by atoms with Crippen LogP contribution in [-0.2, 0) is 9.53 Å². The Morgan fingerprint density at radius 1 is 1.10 bits per heavy atom. The van der Waals surface area contributed by atoms with Gasteiger partial charge in [-0.3, -0.25) is 4.79 Å². The van der Waals surface area contributed by atoms with Crippen molar-refractivity contribution in [3.63, 3.8) is 0 Å². The SMILES string of the molecule is O=C1N2C(CCC2C2CCCCC2)OC12CCN(c1ccnc3c(F)cnn13)CC2. The van der Waals surface area contributed by atoms with Crippen molar-refractivity contribution in [2.45, 2.75) is 75.7 Å². The Kier molecular flexibility index (Phi) is 4.27. The zero-order chi connectivity index (χ0) is 20.3. The second-order valence-electron chi connectivity index (χ2n) is 9.34. The molecule has 0 bridgehead atoms. The zero-order valence-electron chi connectivity index (χ0n) is 17.2. The maximum absolute atomic E-state index is 13.9. The number of aromatic nitrogens is 3. The fraction of sp³-hybridized carbons (Fsp3) is 0.682. The van der Waals surface area contributed by atoms with Crippen LogP contribution in [0.2, 0.25) is 0 Å². The maximum Gasteiger partial charge on any atom is 0.257 e. The molecule has 1 spiro atoms. The molecular formula is C22H28FN5O2. The molecule has 0 aromatic carbocycles. The molecule has 2 aromatic heterocycles. The van der Waals surface area contributed by atoms with E-state index in [-0.39, 0.29) is 17.8 Å². The van der Waals surface area contributed by atoms with Crippen LogP contribution in [0, 0.1) is 11.7 Å². The van der Waals surface area contributed by atoms with Crippen LogP contribution in [0.25, 0.3) is 5.65 Å². The summed E-state index contributed by atoms with van der Waals surface area (Å²) in [5.41, 5.74) is -0.451. The molecule has 2 aromatic rings. The molecule has 0 N–H and O–H groups in total. The molecule has 30 heavy (non-hydrogen) atoms. The number of hydrogen-bond acceptors (Lipinski definition) is 5.